The standard InChI is InChI=1S/C19H36N6O6S2/c1-33-9-7-14(19(30)31)25-18(29)13(5-6-15(22)26)24-17(28)12(4-2-3-8-20)23-16(27)11(21)10-32/h11-14,32H,2-10,20-21H2,1H3,(H2,22,26)(H,23,27)(H,24,28)(H,25,29)(H,30,31). The minimum absolute atomic E-state index is 0.0687. The Balaban J connectivity index is 5.47. The third kappa shape index (κ3) is 13.3. The predicted octanol–water partition coefficient (Wildman–Crippen LogP) is -2.07. The number of hydrogen-bond donors (Lipinski definition) is 8. The molecule has 0 aromatic carbocycles. The Labute approximate surface area is 203 Å². The quantitative estimate of drug-likeness (QED) is 0.0751. The van der Waals surface area contributed by atoms with Gasteiger partial charge in [0, 0.05) is 12.2 Å². The van der Waals surface area contributed by atoms with Crippen molar-refractivity contribution in [3.8, 4) is 0 Å². The average Bonchev–Trinajstić information content (AvgIpc) is 2.77. The second-order valence-electron chi connectivity index (χ2n) is 7.38. The summed E-state index contributed by atoms with van der Waals surface area (Å²) in [6.07, 6.45) is 3.01. The molecule has 190 valence electrons. The van der Waals surface area contributed by atoms with Crippen LogP contribution in [0.15, 0.2) is 0 Å². The van der Waals surface area contributed by atoms with Crippen LogP contribution in [0.1, 0.15) is 38.5 Å². The van der Waals surface area contributed by atoms with Gasteiger partial charge in [-0.25, -0.2) is 4.79 Å². The summed E-state index contributed by atoms with van der Waals surface area (Å²) >= 11 is 5.39. The first-order valence-corrected chi connectivity index (χ1v) is 12.6. The van der Waals surface area contributed by atoms with E-state index < -0.39 is 53.8 Å². The largest absolute Gasteiger partial charge is 0.480 e. The molecule has 0 rings (SSSR count). The number of carbonyl (C=O) groups excluding carboxylic acids is 4. The van der Waals surface area contributed by atoms with Gasteiger partial charge in [-0.15, -0.1) is 0 Å². The lowest BCUT2D eigenvalue weighted by atomic mass is 10.1. The highest BCUT2D eigenvalue weighted by Gasteiger charge is 2.30. The summed E-state index contributed by atoms with van der Waals surface area (Å²) in [5, 5.41) is 16.8. The molecule has 4 amide bonds. The van der Waals surface area contributed by atoms with Crippen molar-refractivity contribution in [3.63, 3.8) is 0 Å². The lowest BCUT2D eigenvalue weighted by Gasteiger charge is -2.25. The maximum atomic E-state index is 12.9. The van der Waals surface area contributed by atoms with Gasteiger partial charge in [0.15, 0.2) is 0 Å². The van der Waals surface area contributed by atoms with Crippen molar-refractivity contribution >= 4 is 54.0 Å². The molecule has 10 N–H and O–H groups in total. The first-order chi connectivity index (χ1) is 15.6. The summed E-state index contributed by atoms with van der Waals surface area (Å²) in [5.74, 6) is -3.37. The molecule has 4 unspecified atom stereocenters. The number of thioether (sulfide) groups is 1. The fourth-order valence-corrected chi connectivity index (χ4v) is 3.35. The van der Waals surface area contributed by atoms with Crippen LogP contribution in [0, 0.1) is 0 Å². The van der Waals surface area contributed by atoms with Crippen LogP contribution >= 0.6 is 24.4 Å². The number of primary amides is 1. The van der Waals surface area contributed by atoms with Gasteiger partial charge in [0.25, 0.3) is 0 Å². The third-order valence-electron chi connectivity index (χ3n) is 4.65. The first-order valence-electron chi connectivity index (χ1n) is 10.5. The molecule has 14 heteroatoms. The van der Waals surface area contributed by atoms with Gasteiger partial charge < -0.3 is 38.3 Å². The van der Waals surface area contributed by atoms with Crippen molar-refractivity contribution in [2.75, 3.05) is 24.3 Å². The van der Waals surface area contributed by atoms with E-state index in [0.29, 0.717) is 25.1 Å². The van der Waals surface area contributed by atoms with Crippen LogP contribution in [0.4, 0.5) is 0 Å². The fraction of sp³-hybridized carbons (Fsp3) is 0.737. The number of aliphatic carboxylic acids is 1. The molecule has 0 bridgehead atoms. The van der Waals surface area contributed by atoms with Gasteiger partial charge in [-0.05, 0) is 50.7 Å². The number of amides is 4. The second-order valence-corrected chi connectivity index (χ2v) is 8.73. The number of carboxylic acids is 1. The molecular weight excluding hydrogens is 472 g/mol. The van der Waals surface area contributed by atoms with E-state index in [1.807, 2.05) is 0 Å². The van der Waals surface area contributed by atoms with Crippen LogP contribution in [-0.4, -0.2) is 83.2 Å². The Hall–Kier alpha value is -2.03. The molecular formula is C19H36N6O6S2. The molecule has 0 fully saturated rings. The number of carboxylic acid groups (broad SMARTS) is 1. The van der Waals surface area contributed by atoms with E-state index >= 15 is 0 Å². The van der Waals surface area contributed by atoms with Crippen LogP contribution < -0.4 is 33.2 Å². The molecule has 0 saturated heterocycles. The molecule has 12 nitrogen and oxygen atoms in total. The van der Waals surface area contributed by atoms with E-state index in [1.54, 1.807) is 6.26 Å². The molecule has 0 aromatic heterocycles. The van der Waals surface area contributed by atoms with Gasteiger partial charge in [-0.2, -0.15) is 24.4 Å². The minimum Gasteiger partial charge on any atom is -0.480 e. The SMILES string of the molecule is CSCCC(NC(=O)C(CCC(N)=O)NC(=O)C(CCCCN)NC(=O)C(N)CS)C(=O)O. The van der Waals surface area contributed by atoms with Gasteiger partial charge >= 0.3 is 5.97 Å². The highest BCUT2D eigenvalue weighted by molar-refractivity contribution is 7.98. The van der Waals surface area contributed by atoms with Gasteiger partial charge in [-0.1, -0.05) is 0 Å². The number of thiol groups is 1. The second kappa shape index (κ2) is 17.4. The number of nitrogens with two attached hydrogens (primary N) is 3. The Morgan fingerprint density at radius 1 is 0.909 bits per heavy atom. The van der Waals surface area contributed by atoms with Crippen LogP contribution in [0.2, 0.25) is 0 Å². The molecule has 33 heavy (non-hydrogen) atoms. The topological polar surface area (TPSA) is 220 Å². The van der Waals surface area contributed by atoms with Crippen molar-refractivity contribution < 1.29 is 29.1 Å². The van der Waals surface area contributed by atoms with E-state index in [9.17, 15) is 29.1 Å². The Bertz CT molecular complexity index is 669. The number of hydrogen-bond acceptors (Lipinski definition) is 9. The zero-order valence-corrected chi connectivity index (χ0v) is 20.5. The van der Waals surface area contributed by atoms with Crippen molar-refractivity contribution in [2.45, 2.75) is 62.7 Å². The van der Waals surface area contributed by atoms with E-state index in [2.05, 4.69) is 28.6 Å². The summed E-state index contributed by atoms with van der Waals surface area (Å²) in [5.41, 5.74) is 16.3. The highest BCUT2D eigenvalue weighted by atomic mass is 32.2. The van der Waals surface area contributed by atoms with Crippen molar-refractivity contribution in [1.29, 1.82) is 0 Å². The molecule has 0 heterocycles. The van der Waals surface area contributed by atoms with Crippen LogP contribution in [0.25, 0.3) is 0 Å². The molecule has 0 aliphatic rings. The monoisotopic (exact) mass is 508 g/mol. The third-order valence-corrected chi connectivity index (χ3v) is 5.69. The zero-order valence-electron chi connectivity index (χ0n) is 18.7. The van der Waals surface area contributed by atoms with E-state index in [4.69, 9.17) is 17.2 Å². The van der Waals surface area contributed by atoms with Crippen LogP contribution in [-0.2, 0) is 24.0 Å². The maximum Gasteiger partial charge on any atom is 0.326 e. The molecule has 0 aliphatic carbocycles. The summed E-state index contributed by atoms with van der Waals surface area (Å²) < 4.78 is 0. The molecule has 4 atom stereocenters. The highest BCUT2D eigenvalue weighted by Crippen LogP contribution is 2.07. The molecule has 0 spiro atoms. The fourth-order valence-electron chi connectivity index (χ4n) is 2.72. The normalized spacial score (nSPS) is 14.4. The van der Waals surface area contributed by atoms with Crippen molar-refractivity contribution in [2.24, 2.45) is 17.2 Å². The Morgan fingerprint density at radius 2 is 1.45 bits per heavy atom. The van der Waals surface area contributed by atoms with Crippen LogP contribution in [0.5, 0.6) is 0 Å². The first kappa shape index (κ1) is 31.0. The Kier molecular flexibility index (Phi) is 16.4. The summed E-state index contributed by atoms with van der Waals surface area (Å²) in [6.45, 7) is 0.398. The summed E-state index contributed by atoms with van der Waals surface area (Å²) in [4.78, 5) is 60.5. The summed E-state index contributed by atoms with van der Waals surface area (Å²) in [7, 11) is 0. The number of nitrogens with one attached hydrogen (secondary N) is 3. The van der Waals surface area contributed by atoms with E-state index in [-0.39, 0.29) is 31.4 Å². The summed E-state index contributed by atoms with van der Waals surface area (Å²) in [6, 6.07) is -4.33. The minimum atomic E-state index is -1.23. The van der Waals surface area contributed by atoms with Gasteiger partial charge in [-0.3, -0.25) is 19.2 Å². The van der Waals surface area contributed by atoms with Gasteiger partial charge in [0.1, 0.15) is 18.1 Å². The number of rotatable bonds is 18. The van der Waals surface area contributed by atoms with E-state index in [1.165, 1.54) is 11.8 Å². The van der Waals surface area contributed by atoms with Gasteiger partial charge in [0.2, 0.25) is 23.6 Å². The smallest absolute Gasteiger partial charge is 0.326 e. The molecule has 0 saturated carbocycles. The van der Waals surface area contributed by atoms with Gasteiger partial charge in [0.05, 0.1) is 6.04 Å². The Morgan fingerprint density at radius 3 is 1.94 bits per heavy atom. The maximum absolute atomic E-state index is 12.9. The predicted molar refractivity (Wildman–Crippen MR) is 130 cm³/mol. The molecule has 0 radical (unpaired) electrons. The van der Waals surface area contributed by atoms with Crippen molar-refractivity contribution in [3.05, 3.63) is 0 Å². The van der Waals surface area contributed by atoms with E-state index in [0.717, 1.165) is 0 Å². The number of carbonyl (C=O) groups is 5. The zero-order chi connectivity index (χ0) is 25.4. The average molecular weight is 509 g/mol. The van der Waals surface area contributed by atoms with Crippen LogP contribution in [0.3, 0.4) is 0 Å². The molecule has 0 aromatic rings. The lowest BCUT2D eigenvalue weighted by molar-refractivity contribution is -0.142. The molecule has 0 aliphatic heterocycles. The number of unbranched alkanes of at least 4 members (excludes halogenated alkanes) is 1. The van der Waals surface area contributed by atoms with Crippen molar-refractivity contribution in [1.82, 2.24) is 16.0 Å². The lowest BCUT2D eigenvalue weighted by Crippen LogP contribution is -2.57.